The van der Waals surface area contributed by atoms with Crippen molar-refractivity contribution in [2.24, 2.45) is 0 Å². The van der Waals surface area contributed by atoms with Crippen molar-refractivity contribution >= 4 is 17.7 Å². The molecule has 2 aliphatic rings. The molecule has 1 atom stereocenters. The molecule has 2 amide bonds. The summed E-state index contributed by atoms with van der Waals surface area (Å²) >= 11 is 0. The lowest BCUT2D eigenvalue weighted by molar-refractivity contribution is -0.121. The van der Waals surface area contributed by atoms with Crippen LogP contribution in [0.15, 0.2) is 12.1 Å². The van der Waals surface area contributed by atoms with E-state index < -0.39 is 5.60 Å². The summed E-state index contributed by atoms with van der Waals surface area (Å²) in [5, 5.41) is 0. The van der Waals surface area contributed by atoms with Gasteiger partial charge in [0.15, 0.2) is 6.61 Å². The Morgan fingerprint density at radius 3 is 2.75 bits per heavy atom. The van der Waals surface area contributed by atoms with Crippen molar-refractivity contribution < 1.29 is 19.1 Å². The summed E-state index contributed by atoms with van der Waals surface area (Å²) in [6, 6.07) is 4.16. The molecule has 1 aromatic rings. The number of benzene rings is 1. The lowest BCUT2D eigenvalue weighted by Gasteiger charge is -2.31. The number of fused-ring (bicyclic) bond motifs is 2. The summed E-state index contributed by atoms with van der Waals surface area (Å²) in [7, 11) is 0. The molecule has 1 aromatic carbocycles. The highest BCUT2D eigenvalue weighted by Crippen LogP contribution is 2.39. The summed E-state index contributed by atoms with van der Waals surface area (Å²) in [4.78, 5) is 28.6. The van der Waals surface area contributed by atoms with Crippen LogP contribution in [-0.4, -0.2) is 48.7 Å². The standard InChI is InChI=1S/C22H32N2O4/c1-6-7-9-24-18-12-17-15(2)13-23(21(26)28-22(3,4)5)10-8-16(17)11-19(18)27-14-20(24)25/h11-12,15H,6-10,13-14H2,1-5H3. The van der Waals surface area contributed by atoms with E-state index in [9.17, 15) is 9.59 Å². The van der Waals surface area contributed by atoms with E-state index in [1.54, 1.807) is 4.90 Å². The maximum absolute atomic E-state index is 12.6. The minimum atomic E-state index is -0.507. The van der Waals surface area contributed by atoms with Gasteiger partial charge >= 0.3 is 6.09 Å². The van der Waals surface area contributed by atoms with E-state index in [1.165, 1.54) is 11.1 Å². The lowest BCUT2D eigenvalue weighted by Crippen LogP contribution is -2.39. The Balaban J connectivity index is 1.86. The maximum atomic E-state index is 12.6. The van der Waals surface area contributed by atoms with Gasteiger partial charge in [-0.25, -0.2) is 4.79 Å². The largest absolute Gasteiger partial charge is 0.482 e. The molecule has 2 aliphatic heterocycles. The molecular formula is C22H32N2O4. The molecule has 1 unspecified atom stereocenters. The summed E-state index contributed by atoms with van der Waals surface area (Å²) in [6.45, 7) is 11.9. The highest BCUT2D eigenvalue weighted by Gasteiger charge is 2.31. The van der Waals surface area contributed by atoms with Crippen LogP contribution in [0.1, 0.15) is 64.5 Å². The minimum Gasteiger partial charge on any atom is -0.482 e. The molecular weight excluding hydrogens is 356 g/mol. The van der Waals surface area contributed by atoms with Crippen molar-refractivity contribution in [2.45, 2.75) is 65.4 Å². The monoisotopic (exact) mass is 388 g/mol. The normalized spacial score (nSPS) is 19.5. The average molecular weight is 389 g/mol. The van der Waals surface area contributed by atoms with Crippen LogP contribution in [0.5, 0.6) is 5.75 Å². The number of hydrogen-bond donors (Lipinski definition) is 0. The summed E-state index contributed by atoms with van der Waals surface area (Å²) < 4.78 is 11.3. The van der Waals surface area contributed by atoms with E-state index in [1.807, 2.05) is 25.7 Å². The molecule has 0 aromatic heterocycles. The van der Waals surface area contributed by atoms with Crippen LogP contribution in [0, 0.1) is 0 Å². The average Bonchev–Trinajstić information content (AvgIpc) is 2.77. The summed E-state index contributed by atoms with van der Waals surface area (Å²) in [6.07, 6.45) is 2.47. The van der Waals surface area contributed by atoms with Gasteiger partial charge in [0.1, 0.15) is 11.4 Å². The fourth-order valence-electron chi connectivity index (χ4n) is 3.81. The van der Waals surface area contributed by atoms with Gasteiger partial charge in [-0.05, 0) is 62.8 Å². The van der Waals surface area contributed by atoms with Crippen molar-refractivity contribution in [3.63, 3.8) is 0 Å². The number of nitrogens with zero attached hydrogens (tertiary/aromatic N) is 2. The van der Waals surface area contributed by atoms with E-state index in [2.05, 4.69) is 26.0 Å². The van der Waals surface area contributed by atoms with E-state index in [4.69, 9.17) is 9.47 Å². The molecule has 0 N–H and O–H groups in total. The van der Waals surface area contributed by atoms with Gasteiger partial charge in [0.05, 0.1) is 5.69 Å². The quantitative estimate of drug-likeness (QED) is 0.782. The maximum Gasteiger partial charge on any atom is 0.410 e. The van der Waals surface area contributed by atoms with Crippen molar-refractivity contribution in [3.8, 4) is 5.75 Å². The second kappa shape index (κ2) is 8.02. The molecule has 6 heteroatoms. The van der Waals surface area contributed by atoms with E-state index >= 15 is 0 Å². The molecule has 3 rings (SSSR count). The van der Waals surface area contributed by atoms with E-state index in [0.717, 1.165) is 30.7 Å². The molecule has 0 saturated carbocycles. The molecule has 6 nitrogen and oxygen atoms in total. The molecule has 2 heterocycles. The number of carbonyl (C=O) groups excluding carboxylic acids is 2. The Hall–Kier alpha value is -2.24. The van der Waals surface area contributed by atoms with Gasteiger partial charge < -0.3 is 19.3 Å². The first kappa shape index (κ1) is 20.5. The molecule has 0 bridgehead atoms. The van der Waals surface area contributed by atoms with Crippen LogP contribution < -0.4 is 9.64 Å². The van der Waals surface area contributed by atoms with Crippen molar-refractivity contribution in [2.75, 3.05) is 31.1 Å². The number of unbranched alkanes of at least 4 members (excludes halogenated alkanes) is 1. The zero-order valence-electron chi connectivity index (χ0n) is 17.7. The van der Waals surface area contributed by atoms with Crippen LogP contribution in [0.3, 0.4) is 0 Å². The van der Waals surface area contributed by atoms with Gasteiger partial charge in [0.2, 0.25) is 0 Å². The van der Waals surface area contributed by atoms with Crippen molar-refractivity contribution in [3.05, 3.63) is 23.3 Å². The molecule has 0 aliphatic carbocycles. The zero-order valence-corrected chi connectivity index (χ0v) is 17.7. The topological polar surface area (TPSA) is 59.1 Å². The van der Waals surface area contributed by atoms with E-state index in [-0.39, 0.29) is 24.5 Å². The van der Waals surface area contributed by atoms with Gasteiger partial charge in [-0.3, -0.25) is 4.79 Å². The smallest absolute Gasteiger partial charge is 0.410 e. The third kappa shape index (κ3) is 4.42. The molecule has 154 valence electrons. The highest BCUT2D eigenvalue weighted by atomic mass is 16.6. The van der Waals surface area contributed by atoms with E-state index in [0.29, 0.717) is 19.6 Å². The number of ether oxygens (including phenoxy) is 2. The third-order valence-electron chi connectivity index (χ3n) is 5.23. The predicted octanol–water partition coefficient (Wildman–Crippen LogP) is 4.11. The second-order valence-electron chi connectivity index (χ2n) is 8.78. The number of anilines is 1. The predicted molar refractivity (Wildman–Crippen MR) is 109 cm³/mol. The summed E-state index contributed by atoms with van der Waals surface area (Å²) in [5.41, 5.74) is 2.72. The Bertz CT molecular complexity index is 754. The lowest BCUT2D eigenvalue weighted by atomic mass is 9.93. The van der Waals surface area contributed by atoms with Crippen LogP contribution in [0.4, 0.5) is 10.5 Å². The van der Waals surface area contributed by atoms with Gasteiger partial charge in [-0.2, -0.15) is 0 Å². The highest BCUT2D eigenvalue weighted by molar-refractivity contribution is 5.98. The van der Waals surface area contributed by atoms with Crippen LogP contribution in [0.25, 0.3) is 0 Å². The minimum absolute atomic E-state index is 0.0116. The SMILES string of the molecule is CCCCN1C(=O)COc2cc3c(cc21)C(C)CN(C(=O)OC(C)(C)C)CC3. The Morgan fingerprint density at radius 1 is 1.32 bits per heavy atom. The Labute approximate surface area is 167 Å². The number of carbonyl (C=O) groups is 2. The van der Waals surface area contributed by atoms with Crippen molar-refractivity contribution in [1.82, 2.24) is 4.90 Å². The third-order valence-corrected chi connectivity index (χ3v) is 5.23. The van der Waals surface area contributed by atoms with Gasteiger partial charge in [-0.15, -0.1) is 0 Å². The number of amides is 2. The molecule has 0 radical (unpaired) electrons. The Morgan fingerprint density at radius 2 is 2.07 bits per heavy atom. The number of rotatable bonds is 3. The fraction of sp³-hybridized carbons (Fsp3) is 0.636. The first-order valence-corrected chi connectivity index (χ1v) is 10.3. The molecule has 0 fully saturated rings. The molecule has 28 heavy (non-hydrogen) atoms. The van der Waals surface area contributed by atoms with Crippen LogP contribution in [0.2, 0.25) is 0 Å². The van der Waals surface area contributed by atoms with Crippen molar-refractivity contribution in [1.29, 1.82) is 0 Å². The van der Waals surface area contributed by atoms with Gasteiger partial charge in [-0.1, -0.05) is 20.3 Å². The zero-order chi connectivity index (χ0) is 20.5. The van der Waals surface area contributed by atoms with Gasteiger partial charge in [0.25, 0.3) is 5.91 Å². The first-order valence-electron chi connectivity index (χ1n) is 10.3. The second-order valence-corrected chi connectivity index (χ2v) is 8.78. The number of hydrogen-bond acceptors (Lipinski definition) is 4. The summed E-state index contributed by atoms with van der Waals surface area (Å²) in [5.74, 6) is 0.935. The molecule has 0 saturated heterocycles. The first-order chi connectivity index (χ1) is 13.2. The molecule has 0 spiro atoms. The van der Waals surface area contributed by atoms with Crippen LogP contribution >= 0.6 is 0 Å². The fourth-order valence-corrected chi connectivity index (χ4v) is 3.81. The van der Waals surface area contributed by atoms with Gasteiger partial charge in [0, 0.05) is 19.6 Å². The van der Waals surface area contributed by atoms with Crippen LogP contribution in [-0.2, 0) is 16.0 Å². The Kier molecular flexibility index (Phi) is 5.87.